The predicted molar refractivity (Wildman–Crippen MR) is 77.6 cm³/mol. The first-order valence-corrected chi connectivity index (χ1v) is 7.02. The van der Waals surface area contributed by atoms with E-state index in [1.165, 1.54) is 6.33 Å². The van der Waals surface area contributed by atoms with Crippen LogP contribution in [0.4, 0.5) is 5.69 Å². The van der Waals surface area contributed by atoms with Crippen LogP contribution in [0.1, 0.15) is 18.7 Å². The number of anilines is 1. The first-order valence-electron chi connectivity index (χ1n) is 6.20. The van der Waals surface area contributed by atoms with E-state index in [2.05, 4.69) is 49.8 Å². The summed E-state index contributed by atoms with van der Waals surface area (Å²) in [5.41, 5.74) is 2.12. The van der Waals surface area contributed by atoms with E-state index < -0.39 is 0 Å². The summed E-state index contributed by atoms with van der Waals surface area (Å²) < 4.78 is 0. The lowest BCUT2D eigenvalue weighted by molar-refractivity contribution is 0.825. The van der Waals surface area contributed by atoms with E-state index in [-0.39, 0.29) is 6.04 Å². The van der Waals surface area contributed by atoms with Crippen LogP contribution in [-0.4, -0.2) is 25.4 Å². The number of nitrogens with one attached hydrogen (secondary N) is 3. The molecule has 0 spiro atoms. The fraction of sp³-hybridized carbons (Fsp3) is 0.154. The number of H-pyrrole nitrogens is 2. The van der Waals surface area contributed by atoms with Crippen LogP contribution in [0.15, 0.2) is 52.9 Å². The van der Waals surface area contributed by atoms with Gasteiger partial charge in [0.1, 0.15) is 6.33 Å². The maximum atomic E-state index is 4.09. The third-order valence-corrected chi connectivity index (χ3v) is 3.73. The van der Waals surface area contributed by atoms with Crippen molar-refractivity contribution in [3.05, 3.63) is 48.5 Å². The molecule has 3 rings (SSSR count). The van der Waals surface area contributed by atoms with Crippen LogP contribution in [0.25, 0.3) is 0 Å². The summed E-state index contributed by atoms with van der Waals surface area (Å²) in [5, 5.41) is 17.8. The summed E-state index contributed by atoms with van der Waals surface area (Å²) in [5.74, 6) is 0. The van der Waals surface area contributed by atoms with Crippen molar-refractivity contribution >= 4 is 17.4 Å². The highest BCUT2D eigenvalue weighted by atomic mass is 32.2. The molecule has 1 unspecified atom stereocenters. The molecule has 0 aliphatic rings. The van der Waals surface area contributed by atoms with Crippen LogP contribution in [0.5, 0.6) is 0 Å². The molecule has 20 heavy (non-hydrogen) atoms. The number of nitrogens with zero attached hydrogens (tertiary/aromatic N) is 3. The Hall–Kier alpha value is -2.28. The van der Waals surface area contributed by atoms with Crippen molar-refractivity contribution in [1.82, 2.24) is 25.4 Å². The van der Waals surface area contributed by atoms with E-state index in [9.17, 15) is 0 Å². The van der Waals surface area contributed by atoms with Crippen molar-refractivity contribution in [2.75, 3.05) is 5.32 Å². The first-order chi connectivity index (χ1) is 9.81. The Morgan fingerprint density at radius 2 is 1.95 bits per heavy atom. The maximum absolute atomic E-state index is 4.09. The normalized spacial score (nSPS) is 12.2. The average Bonchev–Trinajstić information content (AvgIpc) is 3.13. The summed E-state index contributed by atoms with van der Waals surface area (Å²) in [6.45, 7) is 2.09. The molecule has 0 saturated carbocycles. The fourth-order valence-corrected chi connectivity index (χ4v) is 2.50. The molecule has 6 nitrogen and oxygen atoms in total. The minimum atomic E-state index is 0.185. The van der Waals surface area contributed by atoms with Gasteiger partial charge in [0.05, 0.1) is 11.7 Å². The van der Waals surface area contributed by atoms with Gasteiger partial charge in [-0.3, -0.25) is 10.2 Å². The van der Waals surface area contributed by atoms with E-state index in [0.717, 1.165) is 21.4 Å². The average molecular weight is 286 g/mol. The quantitative estimate of drug-likeness (QED) is 0.672. The Kier molecular flexibility index (Phi) is 3.69. The maximum Gasteiger partial charge on any atom is 0.188 e. The van der Waals surface area contributed by atoms with Gasteiger partial charge in [0.15, 0.2) is 5.16 Å². The number of hydrogen-bond acceptors (Lipinski definition) is 5. The van der Waals surface area contributed by atoms with Crippen LogP contribution < -0.4 is 5.32 Å². The monoisotopic (exact) mass is 286 g/mol. The van der Waals surface area contributed by atoms with Crippen LogP contribution >= 0.6 is 11.8 Å². The molecule has 3 aromatic rings. The van der Waals surface area contributed by atoms with Crippen LogP contribution in [0, 0.1) is 0 Å². The zero-order chi connectivity index (χ0) is 13.8. The van der Waals surface area contributed by atoms with Crippen molar-refractivity contribution in [3.8, 4) is 0 Å². The number of aromatic amines is 2. The van der Waals surface area contributed by atoms with Gasteiger partial charge in [-0.05, 0) is 37.3 Å². The lowest BCUT2D eigenvalue weighted by Gasteiger charge is -2.13. The largest absolute Gasteiger partial charge is 0.377 e. The molecule has 0 bridgehead atoms. The van der Waals surface area contributed by atoms with Crippen LogP contribution in [-0.2, 0) is 0 Å². The van der Waals surface area contributed by atoms with Crippen molar-refractivity contribution in [1.29, 1.82) is 0 Å². The van der Waals surface area contributed by atoms with Gasteiger partial charge < -0.3 is 5.32 Å². The highest BCUT2D eigenvalue weighted by Crippen LogP contribution is 2.26. The molecule has 2 heterocycles. The topological polar surface area (TPSA) is 82.3 Å². The minimum Gasteiger partial charge on any atom is -0.377 e. The standard InChI is InChI=1S/C13H14N6S/c1-9(12-6-7-15-18-12)17-10-2-4-11(5-3-10)20-13-14-8-16-19-13/h2-9,17H,1H3,(H,15,18)(H,14,16,19). The minimum absolute atomic E-state index is 0.185. The van der Waals surface area contributed by atoms with Gasteiger partial charge in [-0.15, -0.1) is 0 Å². The Bertz CT molecular complexity index is 632. The molecule has 0 amide bonds. The number of aromatic nitrogens is 5. The van der Waals surface area contributed by atoms with Gasteiger partial charge in [-0.2, -0.15) is 10.2 Å². The summed E-state index contributed by atoms with van der Waals surface area (Å²) in [4.78, 5) is 5.20. The van der Waals surface area contributed by atoms with Gasteiger partial charge in [-0.25, -0.2) is 4.98 Å². The van der Waals surface area contributed by atoms with E-state index >= 15 is 0 Å². The molecule has 0 fully saturated rings. The Morgan fingerprint density at radius 3 is 2.60 bits per heavy atom. The number of rotatable bonds is 5. The Morgan fingerprint density at radius 1 is 1.10 bits per heavy atom. The molecule has 0 radical (unpaired) electrons. The number of benzene rings is 1. The molecule has 3 N–H and O–H groups in total. The summed E-state index contributed by atoms with van der Waals surface area (Å²) in [7, 11) is 0. The third-order valence-electron chi connectivity index (χ3n) is 2.83. The van der Waals surface area contributed by atoms with Crippen molar-refractivity contribution in [2.24, 2.45) is 0 Å². The lowest BCUT2D eigenvalue weighted by atomic mass is 10.2. The van der Waals surface area contributed by atoms with Gasteiger partial charge in [0.2, 0.25) is 0 Å². The Balaban J connectivity index is 1.64. The lowest BCUT2D eigenvalue weighted by Crippen LogP contribution is -2.06. The van der Waals surface area contributed by atoms with E-state index in [1.807, 2.05) is 18.2 Å². The zero-order valence-corrected chi connectivity index (χ0v) is 11.7. The zero-order valence-electron chi connectivity index (χ0n) is 10.9. The van der Waals surface area contributed by atoms with Crippen LogP contribution in [0.3, 0.4) is 0 Å². The number of hydrogen-bond donors (Lipinski definition) is 3. The first kappa shape index (κ1) is 12.7. The second kappa shape index (κ2) is 5.79. The van der Waals surface area contributed by atoms with Gasteiger partial charge in [-0.1, -0.05) is 11.8 Å². The molecule has 0 aliphatic carbocycles. The molecular formula is C13H14N6S. The molecule has 1 aromatic carbocycles. The molecule has 7 heteroatoms. The van der Waals surface area contributed by atoms with Crippen molar-refractivity contribution < 1.29 is 0 Å². The molecule has 0 aliphatic heterocycles. The highest BCUT2D eigenvalue weighted by molar-refractivity contribution is 7.99. The Labute approximate surface area is 120 Å². The molecule has 102 valence electrons. The summed E-state index contributed by atoms with van der Waals surface area (Å²) in [6.07, 6.45) is 3.26. The van der Waals surface area contributed by atoms with E-state index in [1.54, 1.807) is 18.0 Å². The van der Waals surface area contributed by atoms with Gasteiger partial charge >= 0.3 is 0 Å². The fourth-order valence-electron chi connectivity index (χ4n) is 1.81. The van der Waals surface area contributed by atoms with Crippen molar-refractivity contribution in [2.45, 2.75) is 23.0 Å². The smallest absolute Gasteiger partial charge is 0.188 e. The molecule has 0 saturated heterocycles. The van der Waals surface area contributed by atoms with Gasteiger partial charge in [0.25, 0.3) is 0 Å². The molecular weight excluding hydrogens is 272 g/mol. The van der Waals surface area contributed by atoms with Gasteiger partial charge in [0, 0.05) is 16.8 Å². The second-order valence-corrected chi connectivity index (χ2v) is 5.36. The second-order valence-electron chi connectivity index (χ2n) is 4.30. The van der Waals surface area contributed by atoms with Crippen molar-refractivity contribution in [3.63, 3.8) is 0 Å². The highest BCUT2D eigenvalue weighted by Gasteiger charge is 2.06. The van der Waals surface area contributed by atoms with E-state index in [0.29, 0.717) is 0 Å². The third kappa shape index (κ3) is 3.00. The van der Waals surface area contributed by atoms with E-state index in [4.69, 9.17) is 0 Å². The van der Waals surface area contributed by atoms with Crippen LogP contribution in [0.2, 0.25) is 0 Å². The summed E-state index contributed by atoms with van der Waals surface area (Å²) >= 11 is 1.55. The SMILES string of the molecule is CC(Nc1ccc(Sc2ncn[nH]2)cc1)c1ccn[nH]1. The molecule has 2 aromatic heterocycles. The predicted octanol–water partition coefficient (Wildman–Crippen LogP) is 2.85. The molecule has 1 atom stereocenters. The summed E-state index contributed by atoms with van der Waals surface area (Å²) in [6, 6.07) is 10.3.